The second-order valence-corrected chi connectivity index (χ2v) is 4.82. The van der Waals surface area contributed by atoms with Crippen LogP contribution >= 0.6 is 11.8 Å². The summed E-state index contributed by atoms with van der Waals surface area (Å²) in [6.07, 6.45) is 2.44. The van der Waals surface area contributed by atoms with Crippen molar-refractivity contribution in [3.8, 4) is 6.07 Å². The molecule has 1 rings (SSSR count). The molecule has 0 aromatic heterocycles. The Bertz CT molecular complexity index is 482. The summed E-state index contributed by atoms with van der Waals surface area (Å²) in [6, 6.07) is 6.14. The van der Waals surface area contributed by atoms with Gasteiger partial charge in [-0.2, -0.15) is 17.0 Å². The summed E-state index contributed by atoms with van der Waals surface area (Å²) in [7, 11) is 0. The van der Waals surface area contributed by atoms with Gasteiger partial charge in [-0.05, 0) is 24.8 Å². The van der Waals surface area contributed by atoms with Gasteiger partial charge < -0.3 is 10.4 Å². The molecule has 0 aliphatic carbocycles. The molecule has 0 unspecified atom stereocenters. The van der Waals surface area contributed by atoms with Gasteiger partial charge in [-0.15, -0.1) is 0 Å². The highest BCUT2D eigenvalue weighted by atomic mass is 32.2. The number of hydrogen-bond donors (Lipinski definition) is 2. The van der Waals surface area contributed by atoms with Crippen molar-refractivity contribution in [1.29, 1.82) is 5.26 Å². The number of rotatable bonds is 7. The van der Waals surface area contributed by atoms with Crippen LogP contribution in [0.1, 0.15) is 12.0 Å². The van der Waals surface area contributed by atoms with E-state index in [9.17, 15) is 10.1 Å². The molecule has 0 heterocycles. The van der Waals surface area contributed by atoms with Gasteiger partial charge in [0.15, 0.2) is 0 Å². The fourth-order valence-corrected chi connectivity index (χ4v) is 2.30. The lowest BCUT2D eigenvalue weighted by atomic mass is 10.1. The molecule has 0 saturated heterocycles. The van der Waals surface area contributed by atoms with E-state index in [2.05, 4.69) is 5.32 Å². The molecule has 1 aromatic rings. The predicted octanol–water partition coefficient (Wildman–Crippen LogP) is 1.99. The molecular formula is C12H15N3O3S. The Labute approximate surface area is 115 Å². The van der Waals surface area contributed by atoms with Crippen molar-refractivity contribution in [1.82, 2.24) is 0 Å². The molecule has 0 radical (unpaired) electrons. The van der Waals surface area contributed by atoms with Gasteiger partial charge in [0.2, 0.25) is 0 Å². The minimum atomic E-state index is -0.516. The second kappa shape index (κ2) is 7.61. The number of nitro groups is 1. The Kier molecular flexibility index (Phi) is 6.12. The van der Waals surface area contributed by atoms with E-state index in [1.54, 1.807) is 11.8 Å². The summed E-state index contributed by atoms with van der Waals surface area (Å²) in [5, 5.41) is 31.8. The first-order chi connectivity index (χ1) is 9.12. The molecule has 0 bridgehead atoms. The molecule has 1 atom stereocenters. The number of aliphatic hydroxyl groups is 1. The van der Waals surface area contributed by atoms with Gasteiger partial charge in [-0.3, -0.25) is 10.1 Å². The van der Waals surface area contributed by atoms with Gasteiger partial charge in [0.25, 0.3) is 5.69 Å². The zero-order valence-electron chi connectivity index (χ0n) is 10.5. The maximum absolute atomic E-state index is 11.0. The van der Waals surface area contributed by atoms with Crippen molar-refractivity contribution in [3.63, 3.8) is 0 Å². The topological polar surface area (TPSA) is 99.2 Å². The van der Waals surface area contributed by atoms with E-state index in [1.807, 2.05) is 12.3 Å². The van der Waals surface area contributed by atoms with Crippen LogP contribution in [0, 0.1) is 21.4 Å². The molecule has 0 amide bonds. The quantitative estimate of drug-likeness (QED) is 0.585. The van der Waals surface area contributed by atoms with E-state index in [-0.39, 0.29) is 23.9 Å². The third kappa shape index (κ3) is 4.43. The van der Waals surface area contributed by atoms with Gasteiger partial charge in [-0.25, -0.2) is 0 Å². The zero-order chi connectivity index (χ0) is 14.3. The molecule has 0 aliphatic rings. The van der Waals surface area contributed by atoms with Crippen LogP contribution in [0.15, 0.2) is 18.2 Å². The number of nitro benzene ring substituents is 1. The molecule has 19 heavy (non-hydrogen) atoms. The average Bonchev–Trinajstić information content (AvgIpc) is 2.39. The Balaban J connectivity index is 2.98. The van der Waals surface area contributed by atoms with Crippen LogP contribution in [0.25, 0.3) is 0 Å². The molecule has 102 valence electrons. The lowest BCUT2D eigenvalue weighted by Gasteiger charge is -2.17. The minimum absolute atomic E-state index is 0.0162. The van der Waals surface area contributed by atoms with Crippen LogP contribution in [0.4, 0.5) is 11.4 Å². The number of thioether (sulfide) groups is 1. The normalized spacial score (nSPS) is 11.6. The summed E-state index contributed by atoms with van der Waals surface area (Å²) in [5.41, 5.74) is 0.500. The molecule has 6 nitrogen and oxygen atoms in total. The molecule has 2 N–H and O–H groups in total. The van der Waals surface area contributed by atoms with Gasteiger partial charge >= 0.3 is 0 Å². The summed E-state index contributed by atoms with van der Waals surface area (Å²) in [4.78, 5) is 10.5. The van der Waals surface area contributed by atoms with E-state index in [1.165, 1.54) is 18.2 Å². The summed E-state index contributed by atoms with van der Waals surface area (Å²) in [5.74, 6) is 0.734. The number of nitrogens with zero attached hydrogens (tertiary/aromatic N) is 2. The van der Waals surface area contributed by atoms with Crippen molar-refractivity contribution in [2.45, 2.75) is 12.5 Å². The first kappa shape index (κ1) is 15.3. The maximum atomic E-state index is 11.0. The van der Waals surface area contributed by atoms with Gasteiger partial charge in [0, 0.05) is 24.5 Å². The van der Waals surface area contributed by atoms with Crippen LogP contribution in [0.3, 0.4) is 0 Å². The average molecular weight is 281 g/mol. The third-order valence-corrected chi connectivity index (χ3v) is 3.26. The molecule has 0 saturated carbocycles. The van der Waals surface area contributed by atoms with Crippen molar-refractivity contribution >= 4 is 23.1 Å². The van der Waals surface area contributed by atoms with E-state index in [4.69, 9.17) is 10.4 Å². The first-order valence-corrected chi connectivity index (χ1v) is 7.06. The Morgan fingerprint density at radius 3 is 2.89 bits per heavy atom. The van der Waals surface area contributed by atoms with Crippen molar-refractivity contribution in [3.05, 3.63) is 33.9 Å². The molecular weight excluding hydrogens is 266 g/mol. The highest BCUT2D eigenvalue weighted by Crippen LogP contribution is 2.26. The van der Waals surface area contributed by atoms with E-state index in [0.29, 0.717) is 12.1 Å². The number of benzene rings is 1. The smallest absolute Gasteiger partial charge is 0.293 e. The van der Waals surface area contributed by atoms with Crippen LogP contribution in [0.5, 0.6) is 0 Å². The van der Waals surface area contributed by atoms with E-state index < -0.39 is 4.92 Å². The zero-order valence-corrected chi connectivity index (χ0v) is 11.3. The number of nitrogens with one attached hydrogen (secondary N) is 1. The summed E-state index contributed by atoms with van der Waals surface area (Å²) in [6.45, 7) is 0.0162. The number of anilines is 1. The summed E-state index contributed by atoms with van der Waals surface area (Å²) >= 11 is 1.60. The SMILES string of the molecule is CSC[C@H](CCO)Nc1ccc(C#N)cc1[N+](=O)[O-]. The maximum Gasteiger partial charge on any atom is 0.293 e. The lowest BCUT2D eigenvalue weighted by molar-refractivity contribution is -0.384. The highest BCUT2D eigenvalue weighted by Gasteiger charge is 2.17. The van der Waals surface area contributed by atoms with E-state index in [0.717, 1.165) is 5.75 Å². The van der Waals surface area contributed by atoms with Crippen molar-refractivity contribution < 1.29 is 10.0 Å². The van der Waals surface area contributed by atoms with Crippen molar-refractivity contribution in [2.75, 3.05) is 23.9 Å². The number of hydrogen-bond acceptors (Lipinski definition) is 6. The molecule has 0 aliphatic heterocycles. The van der Waals surface area contributed by atoms with Gasteiger partial charge in [0.1, 0.15) is 5.69 Å². The Morgan fingerprint density at radius 2 is 2.37 bits per heavy atom. The van der Waals surface area contributed by atoms with E-state index >= 15 is 0 Å². The van der Waals surface area contributed by atoms with Crippen LogP contribution < -0.4 is 5.32 Å². The largest absolute Gasteiger partial charge is 0.396 e. The van der Waals surface area contributed by atoms with Crippen LogP contribution in [-0.2, 0) is 0 Å². The molecule has 7 heteroatoms. The molecule has 0 fully saturated rings. The molecule has 1 aromatic carbocycles. The molecule has 0 spiro atoms. The van der Waals surface area contributed by atoms with Crippen molar-refractivity contribution in [2.24, 2.45) is 0 Å². The number of aliphatic hydroxyl groups excluding tert-OH is 1. The standard InChI is InChI=1S/C12H15N3O3S/c1-19-8-10(4-5-16)14-11-3-2-9(7-13)6-12(11)15(17)18/h2-3,6,10,14,16H,4-5,8H2,1H3/t10-/m0/s1. The lowest BCUT2D eigenvalue weighted by Crippen LogP contribution is -2.24. The Morgan fingerprint density at radius 1 is 1.63 bits per heavy atom. The fraction of sp³-hybridized carbons (Fsp3) is 0.417. The Hall–Kier alpha value is -1.78. The third-order valence-electron chi connectivity index (χ3n) is 2.53. The predicted molar refractivity (Wildman–Crippen MR) is 75.3 cm³/mol. The van der Waals surface area contributed by atoms with Crippen LogP contribution in [-0.4, -0.2) is 34.7 Å². The summed E-state index contributed by atoms with van der Waals surface area (Å²) < 4.78 is 0. The second-order valence-electron chi connectivity index (χ2n) is 3.91. The number of nitriles is 1. The minimum Gasteiger partial charge on any atom is -0.396 e. The van der Waals surface area contributed by atoms with Crippen LogP contribution in [0.2, 0.25) is 0 Å². The fourth-order valence-electron chi connectivity index (χ4n) is 1.65. The van der Waals surface area contributed by atoms with Gasteiger partial charge in [0.05, 0.1) is 16.6 Å². The monoisotopic (exact) mass is 281 g/mol. The highest BCUT2D eigenvalue weighted by molar-refractivity contribution is 7.98. The van der Waals surface area contributed by atoms with Gasteiger partial charge in [-0.1, -0.05) is 0 Å². The first-order valence-electron chi connectivity index (χ1n) is 5.67.